The van der Waals surface area contributed by atoms with Crippen LogP contribution in [-0.4, -0.2) is 19.9 Å². The third kappa shape index (κ3) is 3.69. The summed E-state index contributed by atoms with van der Waals surface area (Å²) in [5.41, 5.74) is 2.21. The lowest BCUT2D eigenvalue weighted by Gasteiger charge is -2.20. The third-order valence-corrected chi connectivity index (χ3v) is 5.19. The number of fused-ring (bicyclic) bond motifs is 2. The lowest BCUT2D eigenvalue weighted by atomic mass is 9.97. The average Bonchev–Trinajstić information content (AvgIpc) is 3.27. The molecule has 7 nitrogen and oxygen atoms in total. The molecule has 0 unspecified atom stereocenters. The van der Waals surface area contributed by atoms with Gasteiger partial charge in [0.2, 0.25) is 5.43 Å². The Bertz CT molecular complexity index is 1470. The number of aromatic nitrogens is 4. The summed E-state index contributed by atoms with van der Waals surface area (Å²) < 4.78 is 20.3. The average molecular weight is 452 g/mol. The number of aromatic amines is 1. The second-order valence-electron chi connectivity index (χ2n) is 7.10. The first-order valence-electron chi connectivity index (χ1n) is 9.88. The fourth-order valence-corrected chi connectivity index (χ4v) is 3.71. The lowest BCUT2D eigenvalue weighted by molar-refractivity contribution is 0.495. The van der Waals surface area contributed by atoms with Crippen LogP contribution >= 0.6 is 12.4 Å². The summed E-state index contributed by atoms with van der Waals surface area (Å²) in [4.78, 5) is 29.1. The van der Waals surface area contributed by atoms with E-state index in [2.05, 4.69) is 25.3 Å². The molecule has 162 valence electrons. The highest BCUT2D eigenvalue weighted by Gasteiger charge is 2.24. The smallest absolute Gasteiger partial charge is 0.200 e. The van der Waals surface area contributed by atoms with Crippen molar-refractivity contribution in [1.82, 2.24) is 19.9 Å². The zero-order chi connectivity index (χ0) is 21.4. The largest absolute Gasteiger partial charge is 0.458 e. The van der Waals surface area contributed by atoms with Gasteiger partial charge in [-0.2, -0.15) is 0 Å². The van der Waals surface area contributed by atoms with Crippen molar-refractivity contribution in [3.63, 3.8) is 0 Å². The summed E-state index contributed by atoms with van der Waals surface area (Å²) in [6.07, 6.45) is 3.55. The predicted octanol–water partition coefficient (Wildman–Crippen LogP) is 5.25. The Labute approximate surface area is 188 Å². The zero-order valence-electron chi connectivity index (χ0n) is 17.0. The van der Waals surface area contributed by atoms with E-state index in [-0.39, 0.29) is 17.8 Å². The van der Waals surface area contributed by atoms with E-state index in [1.54, 1.807) is 36.7 Å². The molecule has 0 radical (unpaired) electrons. The molecule has 9 heteroatoms. The highest BCUT2D eigenvalue weighted by atomic mass is 35.5. The molecule has 32 heavy (non-hydrogen) atoms. The molecule has 3 aromatic heterocycles. The second-order valence-corrected chi connectivity index (χ2v) is 7.10. The van der Waals surface area contributed by atoms with Crippen molar-refractivity contribution in [2.45, 2.75) is 19.4 Å². The van der Waals surface area contributed by atoms with Gasteiger partial charge in [-0.05, 0) is 36.2 Å². The molecule has 0 spiro atoms. The first-order valence-corrected chi connectivity index (χ1v) is 9.88. The van der Waals surface area contributed by atoms with Crippen LogP contribution in [0.3, 0.4) is 0 Å². The van der Waals surface area contributed by atoms with E-state index in [1.807, 2.05) is 13.0 Å². The van der Waals surface area contributed by atoms with E-state index in [0.717, 1.165) is 0 Å². The molecule has 0 aliphatic heterocycles. The summed E-state index contributed by atoms with van der Waals surface area (Å²) in [6, 6.07) is 12.6. The second kappa shape index (κ2) is 8.76. The zero-order valence-corrected chi connectivity index (χ0v) is 17.8. The van der Waals surface area contributed by atoms with E-state index >= 15 is 0 Å². The Balaban J connectivity index is 0.00000245. The molecule has 0 fully saturated rings. The number of imidazole rings is 1. The van der Waals surface area contributed by atoms with E-state index < -0.39 is 11.9 Å². The number of halogens is 2. The van der Waals surface area contributed by atoms with Crippen LogP contribution in [0.25, 0.3) is 33.3 Å². The van der Waals surface area contributed by atoms with Gasteiger partial charge in [-0.3, -0.25) is 4.79 Å². The first-order chi connectivity index (χ1) is 15.2. The van der Waals surface area contributed by atoms with E-state index in [4.69, 9.17) is 4.42 Å². The van der Waals surface area contributed by atoms with Crippen LogP contribution in [0, 0.1) is 5.82 Å². The van der Waals surface area contributed by atoms with Gasteiger partial charge in [-0.1, -0.05) is 31.2 Å². The monoisotopic (exact) mass is 451 g/mol. The van der Waals surface area contributed by atoms with Crippen molar-refractivity contribution < 1.29 is 8.81 Å². The summed E-state index contributed by atoms with van der Waals surface area (Å²) in [5.74, 6) is 0.504. The normalized spacial score (nSPS) is 11.9. The molecular formula is C23H19ClFN5O2. The molecule has 0 aliphatic carbocycles. The Morgan fingerprint density at radius 2 is 1.97 bits per heavy atom. The maximum atomic E-state index is 14.0. The van der Waals surface area contributed by atoms with Gasteiger partial charge in [0.25, 0.3) is 0 Å². The number of rotatable bonds is 5. The van der Waals surface area contributed by atoms with Crippen molar-refractivity contribution >= 4 is 40.4 Å². The van der Waals surface area contributed by atoms with Gasteiger partial charge in [0.05, 0.1) is 23.3 Å². The number of benzene rings is 2. The molecule has 1 atom stereocenters. The number of anilines is 1. The maximum absolute atomic E-state index is 14.0. The quantitative estimate of drug-likeness (QED) is 0.379. The minimum Gasteiger partial charge on any atom is -0.458 e. The lowest BCUT2D eigenvalue weighted by Crippen LogP contribution is -2.17. The maximum Gasteiger partial charge on any atom is 0.200 e. The number of nitrogens with one attached hydrogen (secondary N) is 2. The third-order valence-electron chi connectivity index (χ3n) is 5.19. The van der Waals surface area contributed by atoms with Crippen LogP contribution in [0.15, 0.2) is 70.4 Å². The molecule has 3 heterocycles. The van der Waals surface area contributed by atoms with Gasteiger partial charge in [-0.15, -0.1) is 12.4 Å². The molecular weight excluding hydrogens is 433 g/mol. The van der Waals surface area contributed by atoms with Crippen LogP contribution in [0.1, 0.15) is 25.1 Å². The molecule has 2 aromatic carbocycles. The van der Waals surface area contributed by atoms with Gasteiger partial charge >= 0.3 is 0 Å². The minimum absolute atomic E-state index is 0. The van der Waals surface area contributed by atoms with Crippen LogP contribution in [-0.2, 0) is 0 Å². The number of hydrogen-bond acceptors (Lipinski definition) is 6. The molecule has 5 rings (SSSR count). The molecule has 0 aliphatic rings. The molecule has 2 N–H and O–H groups in total. The summed E-state index contributed by atoms with van der Waals surface area (Å²) in [7, 11) is 0. The number of para-hydroxylation sites is 1. The van der Waals surface area contributed by atoms with Gasteiger partial charge in [0.1, 0.15) is 29.0 Å². The van der Waals surface area contributed by atoms with Crippen LogP contribution < -0.4 is 10.7 Å². The SMILES string of the molecule is CC[C@H](Nc1ncnc2[nH]cnc12)c1oc2ccccc2c(=O)c1-c1cccc(F)c1.Cl. The summed E-state index contributed by atoms with van der Waals surface area (Å²) in [5, 5.41) is 3.77. The van der Waals surface area contributed by atoms with E-state index in [0.29, 0.717) is 51.3 Å². The van der Waals surface area contributed by atoms with Gasteiger partial charge in [0.15, 0.2) is 11.5 Å². The van der Waals surface area contributed by atoms with Crippen LogP contribution in [0.4, 0.5) is 10.2 Å². The fourth-order valence-electron chi connectivity index (χ4n) is 3.71. The van der Waals surface area contributed by atoms with Crippen molar-refractivity contribution in [1.29, 1.82) is 0 Å². The number of nitrogens with zero attached hydrogens (tertiary/aromatic N) is 3. The van der Waals surface area contributed by atoms with Crippen molar-refractivity contribution in [3.05, 3.63) is 83.0 Å². The predicted molar refractivity (Wildman–Crippen MR) is 123 cm³/mol. The fraction of sp³-hybridized carbons (Fsp3) is 0.130. The molecule has 0 saturated heterocycles. The Hall–Kier alpha value is -3.78. The highest BCUT2D eigenvalue weighted by Crippen LogP contribution is 2.33. The first kappa shape index (κ1) is 21.5. The molecule has 0 bridgehead atoms. The van der Waals surface area contributed by atoms with Crippen LogP contribution in [0.5, 0.6) is 0 Å². The molecule has 0 amide bonds. The van der Waals surface area contributed by atoms with E-state index in [9.17, 15) is 9.18 Å². The number of H-pyrrole nitrogens is 1. The minimum atomic E-state index is -0.425. The summed E-state index contributed by atoms with van der Waals surface area (Å²) >= 11 is 0. The van der Waals surface area contributed by atoms with Crippen molar-refractivity contribution in [3.8, 4) is 11.1 Å². The highest BCUT2D eigenvalue weighted by molar-refractivity contribution is 5.85. The van der Waals surface area contributed by atoms with Gasteiger partial charge in [-0.25, -0.2) is 19.3 Å². The summed E-state index contributed by atoms with van der Waals surface area (Å²) in [6.45, 7) is 1.96. The number of hydrogen-bond donors (Lipinski definition) is 2. The van der Waals surface area contributed by atoms with Gasteiger partial charge < -0.3 is 14.7 Å². The Morgan fingerprint density at radius 3 is 2.78 bits per heavy atom. The molecule has 0 saturated carbocycles. The Kier molecular flexibility index (Phi) is 5.87. The van der Waals surface area contributed by atoms with Gasteiger partial charge in [0, 0.05) is 0 Å². The van der Waals surface area contributed by atoms with Crippen molar-refractivity contribution in [2.75, 3.05) is 5.32 Å². The van der Waals surface area contributed by atoms with Crippen molar-refractivity contribution in [2.24, 2.45) is 0 Å². The Morgan fingerprint density at radius 1 is 1.12 bits per heavy atom. The standard InChI is InChI=1S/C23H18FN5O2.ClH/c1-2-16(29-23-19-22(26-11-25-19)27-12-28-23)21-18(13-6-5-7-14(24)10-13)20(30)15-8-3-4-9-17(15)31-21;/h3-12,16H,2H2,1H3,(H2,25,26,27,28,29);1H/t16-;/m0./s1. The van der Waals surface area contributed by atoms with E-state index in [1.165, 1.54) is 18.5 Å². The van der Waals surface area contributed by atoms with Crippen LogP contribution in [0.2, 0.25) is 0 Å². The molecule has 5 aromatic rings. The topological polar surface area (TPSA) is 96.7 Å².